The highest BCUT2D eigenvalue weighted by molar-refractivity contribution is 14.0. The number of nitrogens with zero attached hydrogens (tertiary/aromatic N) is 2. The number of nitrogens with one attached hydrogen (secondary N) is 2. The molecule has 0 heterocycles. The first-order valence-corrected chi connectivity index (χ1v) is 10.1. The fourth-order valence-electron chi connectivity index (χ4n) is 2.92. The standard InChI is InChI=1S/C23H34N4O2.HI/c1-7-28-21-14-11-19(15-22(21)29-8-2)17(3)26-23(24-4)25-16-18-9-12-20(13-10-18)27(5)6;/h9-15,17H,7-8,16H2,1-6H3,(H2,24,25,26);1H. The van der Waals surface area contributed by atoms with E-state index in [0.717, 1.165) is 23.0 Å². The van der Waals surface area contributed by atoms with Crippen molar-refractivity contribution in [2.45, 2.75) is 33.4 Å². The first kappa shape index (κ1) is 25.9. The second-order valence-corrected chi connectivity index (χ2v) is 6.92. The molecule has 2 aromatic carbocycles. The topological polar surface area (TPSA) is 58.1 Å². The van der Waals surface area contributed by atoms with Crippen molar-refractivity contribution in [3.05, 3.63) is 53.6 Å². The van der Waals surface area contributed by atoms with Gasteiger partial charge in [0, 0.05) is 33.4 Å². The van der Waals surface area contributed by atoms with Crippen molar-refractivity contribution >= 4 is 35.6 Å². The number of ether oxygens (including phenoxy) is 2. The summed E-state index contributed by atoms with van der Waals surface area (Å²) in [5, 5.41) is 6.81. The minimum Gasteiger partial charge on any atom is -0.490 e. The Morgan fingerprint density at radius 1 is 1.00 bits per heavy atom. The van der Waals surface area contributed by atoms with Gasteiger partial charge in [-0.2, -0.15) is 0 Å². The van der Waals surface area contributed by atoms with Crippen molar-refractivity contribution in [3.8, 4) is 11.5 Å². The first-order chi connectivity index (χ1) is 14.0. The molecule has 0 saturated heterocycles. The van der Waals surface area contributed by atoms with E-state index in [1.165, 1.54) is 11.3 Å². The van der Waals surface area contributed by atoms with Crippen LogP contribution in [0.4, 0.5) is 5.69 Å². The SMILES string of the molecule is CCOc1ccc(C(C)NC(=NC)NCc2ccc(N(C)C)cc2)cc1OCC.I. The van der Waals surface area contributed by atoms with E-state index >= 15 is 0 Å². The highest BCUT2D eigenvalue weighted by Gasteiger charge is 2.12. The molecule has 30 heavy (non-hydrogen) atoms. The quantitative estimate of drug-likeness (QED) is 0.284. The monoisotopic (exact) mass is 526 g/mol. The van der Waals surface area contributed by atoms with Crippen LogP contribution in [0, 0.1) is 0 Å². The van der Waals surface area contributed by atoms with Crippen molar-refractivity contribution in [2.24, 2.45) is 4.99 Å². The normalized spacial score (nSPS) is 11.9. The lowest BCUT2D eigenvalue weighted by molar-refractivity contribution is 0.287. The van der Waals surface area contributed by atoms with E-state index in [0.29, 0.717) is 19.8 Å². The largest absolute Gasteiger partial charge is 0.490 e. The van der Waals surface area contributed by atoms with Crippen LogP contribution < -0.4 is 25.0 Å². The molecule has 0 aliphatic heterocycles. The molecule has 6 nitrogen and oxygen atoms in total. The van der Waals surface area contributed by atoms with Gasteiger partial charge in [-0.25, -0.2) is 0 Å². The van der Waals surface area contributed by atoms with Gasteiger partial charge in [-0.15, -0.1) is 24.0 Å². The summed E-state index contributed by atoms with van der Waals surface area (Å²) in [7, 11) is 5.86. The second-order valence-electron chi connectivity index (χ2n) is 6.92. The third-order valence-corrected chi connectivity index (χ3v) is 4.56. The maximum Gasteiger partial charge on any atom is 0.191 e. The Morgan fingerprint density at radius 3 is 2.20 bits per heavy atom. The van der Waals surface area contributed by atoms with E-state index in [1.807, 2.05) is 40.1 Å². The molecule has 0 spiro atoms. The molecule has 2 rings (SSSR count). The summed E-state index contributed by atoms with van der Waals surface area (Å²) in [6, 6.07) is 14.6. The molecule has 0 saturated carbocycles. The summed E-state index contributed by atoms with van der Waals surface area (Å²) in [4.78, 5) is 6.44. The molecular weight excluding hydrogens is 491 g/mol. The molecule has 0 fully saturated rings. The third kappa shape index (κ3) is 7.59. The fraction of sp³-hybridized carbons (Fsp3) is 0.435. The molecule has 0 bridgehead atoms. The molecule has 1 unspecified atom stereocenters. The molecule has 166 valence electrons. The van der Waals surface area contributed by atoms with Crippen LogP contribution in [0.15, 0.2) is 47.5 Å². The van der Waals surface area contributed by atoms with Gasteiger partial charge in [0.1, 0.15) is 0 Å². The Kier molecular flexibility index (Phi) is 11.4. The van der Waals surface area contributed by atoms with Crippen LogP contribution in [-0.4, -0.2) is 40.3 Å². The molecule has 0 radical (unpaired) electrons. The average molecular weight is 526 g/mol. The van der Waals surface area contributed by atoms with E-state index < -0.39 is 0 Å². The highest BCUT2D eigenvalue weighted by Crippen LogP contribution is 2.30. The van der Waals surface area contributed by atoms with Gasteiger partial charge in [0.25, 0.3) is 0 Å². The zero-order valence-electron chi connectivity index (χ0n) is 18.9. The van der Waals surface area contributed by atoms with Crippen molar-refractivity contribution in [2.75, 3.05) is 39.3 Å². The van der Waals surface area contributed by atoms with Gasteiger partial charge in [-0.05, 0) is 56.2 Å². The number of benzene rings is 2. The number of hydrogen-bond acceptors (Lipinski definition) is 4. The van der Waals surface area contributed by atoms with Gasteiger partial charge >= 0.3 is 0 Å². The van der Waals surface area contributed by atoms with Gasteiger partial charge in [-0.3, -0.25) is 4.99 Å². The molecular formula is C23H35IN4O2. The summed E-state index contributed by atoms with van der Waals surface area (Å²) >= 11 is 0. The van der Waals surface area contributed by atoms with E-state index in [2.05, 4.69) is 57.8 Å². The Morgan fingerprint density at radius 2 is 1.63 bits per heavy atom. The van der Waals surface area contributed by atoms with Gasteiger partial charge in [0.05, 0.1) is 19.3 Å². The number of halogens is 1. The Balaban J connectivity index is 0.00000450. The Bertz CT molecular complexity index is 794. The fourth-order valence-corrected chi connectivity index (χ4v) is 2.92. The van der Waals surface area contributed by atoms with Crippen molar-refractivity contribution in [3.63, 3.8) is 0 Å². The van der Waals surface area contributed by atoms with Crippen LogP contribution in [-0.2, 0) is 6.54 Å². The van der Waals surface area contributed by atoms with Gasteiger partial charge < -0.3 is 25.0 Å². The second kappa shape index (κ2) is 13.2. The summed E-state index contributed by atoms with van der Waals surface area (Å²) in [5.41, 5.74) is 3.49. The van der Waals surface area contributed by atoms with Crippen LogP contribution in [0.3, 0.4) is 0 Å². The maximum atomic E-state index is 5.74. The van der Waals surface area contributed by atoms with E-state index in [-0.39, 0.29) is 30.0 Å². The summed E-state index contributed by atoms with van der Waals surface area (Å²) in [6.07, 6.45) is 0. The first-order valence-electron chi connectivity index (χ1n) is 10.1. The van der Waals surface area contributed by atoms with Crippen molar-refractivity contribution in [1.29, 1.82) is 0 Å². The van der Waals surface area contributed by atoms with Crippen LogP contribution >= 0.6 is 24.0 Å². The number of anilines is 1. The average Bonchev–Trinajstić information content (AvgIpc) is 2.72. The lowest BCUT2D eigenvalue weighted by Gasteiger charge is -2.20. The zero-order chi connectivity index (χ0) is 21.2. The molecule has 2 N–H and O–H groups in total. The van der Waals surface area contributed by atoms with Gasteiger partial charge in [0.2, 0.25) is 0 Å². The predicted octanol–water partition coefficient (Wildman–Crippen LogP) is 4.59. The van der Waals surface area contributed by atoms with E-state index in [4.69, 9.17) is 9.47 Å². The molecule has 0 aliphatic rings. The smallest absolute Gasteiger partial charge is 0.191 e. The Labute approximate surface area is 198 Å². The molecule has 2 aromatic rings. The number of rotatable bonds is 9. The number of aliphatic imine (C=N–C) groups is 1. The van der Waals surface area contributed by atoms with Crippen LogP contribution in [0.1, 0.15) is 37.9 Å². The van der Waals surface area contributed by atoms with E-state index in [9.17, 15) is 0 Å². The number of guanidine groups is 1. The van der Waals surface area contributed by atoms with Crippen LogP contribution in [0.25, 0.3) is 0 Å². The molecule has 0 aromatic heterocycles. The summed E-state index contributed by atoms with van der Waals surface area (Å²) in [5.74, 6) is 2.29. The van der Waals surface area contributed by atoms with E-state index in [1.54, 1.807) is 7.05 Å². The van der Waals surface area contributed by atoms with Crippen molar-refractivity contribution in [1.82, 2.24) is 10.6 Å². The molecule has 0 aliphatic carbocycles. The van der Waals surface area contributed by atoms with Gasteiger partial charge in [-0.1, -0.05) is 18.2 Å². The summed E-state index contributed by atoms with van der Waals surface area (Å²) in [6.45, 7) is 7.96. The van der Waals surface area contributed by atoms with Crippen LogP contribution in [0.5, 0.6) is 11.5 Å². The summed E-state index contributed by atoms with van der Waals surface area (Å²) < 4.78 is 11.4. The number of hydrogen-bond donors (Lipinski definition) is 2. The lowest BCUT2D eigenvalue weighted by atomic mass is 10.1. The van der Waals surface area contributed by atoms with Crippen molar-refractivity contribution < 1.29 is 9.47 Å². The Hall–Kier alpha value is -2.16. The lowest BCUT2D eigenvalue weighted by Crippen LogP contribution is -2.38. The molecule has 7 heteroatoms. The molecule has 0 amide bonds. The minimum absolute atomic E-state index is 0. The zero-order valence-corrected chi connectivity index (χ0v) is 21.2. The molecule has 1 atom stereocenters. The van der Waals surface area contributed by atoms with Gasteiger partial charge in [0.15, 0.2) is 17.5 Å². The predicted molar refractivity (Wildman–Crippen MR) is 137 cm³/mol. The highest BCUT2D eigenvalue weighted by atomic mass is 127. The minimum atomic E-state index is 0. The maximum absolute atomic E-state index is 5.74. The van der Waals surface area contributed by atoms with Crippen LogP contribution in [0.2, 0.25) is 0 Å². The third-order valence-electron chi connectivity index (χ3n) is 4.56.